The summed E-state index contributed by atoms with van der Waals surface area (Å²) in [5, 5.41) is -2.65. The average molecular weight is 690 g/mol. The Balaban J connectivity index is 0.00000150. The van der Waals surface area contributed by atoms with E-state index in [1.807, 2.05) is 18.2 Å². The molecule has 4 aromatic carbocycles. The Kier molecular flexibility index (Phi) is 15.8. The number of aromatic nitrogens is 1. The molecular formula is C21H11NNa4O12S4. The molecule has 0 spiro atoms. The van der Waals surface area contributed by atoms with E-state index < -0.39 is 76.2 Å². The van der Waals surface area contributed by atoms with Crippen molar-refractivity contribution in [1.82, 2.24) is 4.98 Å². The van der Waals surface area contributed by atoms with Crippen LogP contribution >= 0.6 is 0 Å². The Labute approximate surface area is 329 Å². The van der Waals surface area contributed by atoms with Crippen molar-refractivity contribution in [3.05, 3.63) is 67.0 Å². The fraction of sp³-hybridized carbons (Fsp3) is 0. The molecule has 0 aliphatic heterocycles. The molecule has 1 heterocycles. The van der Waals surface area contributed by atoms with E-state index in [-0.39, 0.29) is 134 Å². The molecule has 5 aromatic rings. The molecule has 0 N–H and O–H groups in total. The summed E-state index contributed by atoms with van der Waals surface area (Å²) in [7, 11) is -23.9. The third kappa shape index (κ3) is 8.74. The van der Waals surface area contributed by atoms with Gasteiger partial charge in [-0.3, -0.25) is 4.98 Å². The summed E-state index contributed by atoms with van der Waals surface area (Å²) in [5.41, 5.74) is 0. The molecule has 0 bridgehead atoms. The van der Waals surface area contributed by atoms with Gasteiger partial charge < -0.3 is 18.2 Å². The van der Waals surface area contributed by atoms with Crippen molar-refractivity contribution in [2.24, 2.45) is 0 Å². The van der Waals surface area contributed by atoms with E-state index in [0.29, 0.717) is 6.07 Å². The molecule has 200 valence electrons. The van der Waals surface area contributed by atoms with Gasteiger partial charge in [-0.1, -0.05) is 36.4 Å². The Morgan fingerprint density at radius 1 is 0.476 bits per heavy atom. The van der Waals surface area contributed by atoms with Gasteiger partial charge in [-0.15, -0.1) is 0 Å². The maximum Gasteiger partial charge on any atom is 1.00 e. The van der Waals surface area contributed by atoms with Gasteiger partial charge in [0, 0.05) is 28.6 Å². The van der Waals surface area contributed by atoms with Gasteiger partial charge >= 0.3 is 118 Å². The van der Waals surface area contributed by atoms with Crippen LogP contribution in [0.2, 0.25) is 0 Å². The zero-order valence-corrected chi connectivity index (χ0v) is 33.6. The Morgan fingerprint density at radius 2 is 0.976 bits per heavy atom. The number of hydrogen-bond acceptors (Lipinski definition) is 13. The minimum atomic E-state index is -6.19. The number of benzene rings is 4. The first-order chi connectivity index (χ1) is 17.4. The van der Waals surface area contributed by atoms with Crippen LogP contribution in [0.3, 0.4) is 0 Å². The van der Waals surface area contributed by atoms with E-state index in [4.69, 9.17) is 0 Å². The van der Waals surface area contributed by atoms with E-state index in [2.05, 4.69) is 4.98 Å². The second-order valence-electron chi connectivity index (χ2n) is 7.65. The molecule has 42 heavy (non-hydrogen) atoms. The molecule has 0 fully saturated rings. The maximum atomic E-state index is 12.1. The van der Waals surface area contributed by atoms with Gasteiger partial charge in [0.15, 0.2) is 0 Å². The molecule has 13 nitrogen and oxygen atoms in total. The van der Waals surface area contributed by atoms with Crippen LogP contribution in [0.1, 0.15) is 0 Å². The monoisotopic (exact) mass is 689 g/mol. The molecule has 5 rings (SSSR count). The van der Waals surface area contributed by atoms with Gasteiger partial charge in [0.1, 0.15) is 40.5 Å². The number of pyridine rings is 1. The summed E-state index contributed by atoms with van der Waals surface area (Å²) in [6.45, 7) is 0. The van der Waals surface area contributed by atoms with E-state index >= 15 is 0 Å². The first-order valence-corrected chi connectivity index (χ1v) is 15.5. The minimum absolute atomic E-state index is 0. The van der Waals surface area contributed by atoms with E-state index in [9.17, 15) is 51.9 Å². The van der Waals surface area contributed by atoms with Crippen molar-refractivity contribution in [2.45, 2.75) is 19.6 Å². The third-order valence-corrected chi connectivity index (χ3v) is 9.19. The topological polar surface area (TPSA) is 242 Å². The van der Waals surface area contributed by atoms with Crippen LogP contribution in [-0.2, 0) is 40.5 Å². The Hall–Kier alpha value is 0.710. The van der Waals surface area contributed by atoms with Crippen molar-refractivity contribution >= 4 is 72.8 Å². The van der Waals surface area contributed by atoms with Gasteiger partial charge in [0.25, 0.3) is 0 Å². The summed E-state index contributed by atoms with van der Waals surface area (Å²) in [4.78, 5) is -3.77. The molecule has 0 unspecified atom stereocenters. The van der Waals surface area contributed by atoms with Crippen molar-refractivity contribution in [3.8, 4) is 0 Å². The molecule has 21 heteroatoms. The predicted octanol–water partition coefficient (Wildman–Crippen LogP) is -10.7. The second kappa shape index (κ2) is 15.5. The van der Waals surface area contributed by atoms with E-state index in [1.165, 1.54) is 24.3 Å². The minimum Gasteiger partial charge on any atom is -0.744 e. The van der Waals surface area contributed by atoms with Crippen molar-refractivity contribution in [3.63, 3.8) is 0 Å². The molecule has 0 amide bonds. The van der Waals surface area contributed by atoms with Crippen LogP contribution in [0.5, 0.6) is 0 Å². The fourth-order valence-electron chi connectivity index (χ4n) is 4.10. The maximum absolute atomic E-state index is 12.1. The second-order valence-corrected chi connectivity index (χ2v) is 12.9. The van der Waals surface area contributed by atoms with Crippen LogP contribution < -0.4 is 118 Å². The van der Waals surface area contributed by atoms with Crippen LogP contribution in [0.4, 0.5) is 0 Å². The third-order valence-electron chi connectivity index (χ3n) is 5.33. The molecule has 0 radical (unpaired) electrons. The molecule has 0 atom stereocenters. The largest absolute Gasteiger partial charge is 1.00 e. The van der Waals surface area contributed by atoms with Crippen LogP contribution in [0.15, 0.2) is 86.6 Å². The number of hydrogen-bond donors (Lipinski definition) is 0. The zero-order valence-electron chi connectivity index (χ0n) is 22.3. The Bertz CT molecular complexity index is 2150. The molecule has 0 aliphatic rings. The van der Waals surface area contributed by atoms with Gasteiger partial charge in [-0.05, 0) is 34.4 Å². The molecule has 1 aromatic heterocycles. The fourth-order valence-corrected chi connectivity index (χ4v) is 8.41. The standard InChI is InChI=1S/C16H10O12S4.C5H5N.4Na/c17-29(18,19)10-6-8-3-1-2-7-4-5-9-12(11(7)8)13(10)15(31(23,24)25)16(32(26,27)28)14(9)30(20,21)22;1-2-4-6-5-3-1;;;;/h1-6H,(H,17,18,19)(H,20,21,22)(H,23,24,25)(H,26,27,28);1-5H;;;;/q;;4*+1/p-4. The first kappa shape index (κ1) is 42.7. The molecule has 0 saturated carbocycles. The summed E-state index contributed by atoms with van der Waals surface area (Å²) in [5.74, 6) is 0. The van der Waals surface area contributed by atoms with Crippen molar-refractivity contribution < 1.29 is 170 Å². The van der Waals surface area contributed by atoms with Gasteiger partial charge in [0.05, 0.1) is 19.6 Å². The number of nitrogens with zero attached hydrogens (tertiary/aromatic N) is 1. The van der Waals surface area contributed by atoms with E-state index in [1.54, 1.807) is 12.4 Å². The quantitative estimate of drug-likeness (QED) is 0.0968. The zero-order chi connectivity index (χ0) is 28.3. The first-order valence-electron chi connectivity index (χ1n) is 9.90. The van der Waals surface area contributed by atoms with Gasteiger partial charge in [-0.2, -0.15) is 0 Å². The van der Waals surface area contributed by atoms with Crippen LogP contribution in [0.25, 0.3) is 32.3 Å². The van der Waals surface area contributed by atoms with Gasteiger partial charge in [0.2, 0.25) is 0 Å². The van der Waals surface area contributed by atoms with Gasteiger partial charge in [-0.25, -0.2) is 33.7 Å². The average Bonchev–Trinajstić information content (AvgIpc) is 2.80. The summed E-state index contributed by atoms with van der Waals surface area (Å²) >= 11 is 0. The smallest absolute Gasteiger partial charge is 0.744 e. The number of rotatable bonds is 4. The van der Waals surface area contributed by atoms with Crippen LogP contribution in [0, 0.1) is 0 Å². The van der Waals surface area contributed by atoms with Crippen molar-refractivity contribution in [2.75, 3.05) is 0 Å². The predicted molar refractivity (Wildman–Crippen MR) is 126 cm³/mol. The Morgan fingerprint density at radius 3 is 1.38 bits per heavy atom. The van der Waals surface area contributed by atoms with Crippen molar-refractivity contribution in [1.29, 1.82) is 0 Å². The molecular weight excluding hydrogens is 678 g/mol. The molecule has 0 saturated heterocycles. The summed E-state index contributed by atoms with van der Waals surface area (Å²) in [6.07, 6.45) is 3.50. The van der Waals surface area contributed by atoms with Crippen LogP contribution in [-0.4, -0.2) is 56.9 Å². The normalized spacial score (nSPS) is 11.8. The summed E-state index contributed by atoms with van der Waals surface area (Å²) < 4.78 is 144. The SMILES string of the molecule is O=S(=O)([O-])c1c(S(=O)(=O)[O-])c2ccc3cccc4cc(S(=O)(=O)[O-])c(c1S(=O)(=O)[O-])c2c34.[Na+].[Na+].[Na+].[Na+].c1ccncc1. The molecule has 0 aliphatic carbocycles. The van der Waals surface area contributed by atoms with E-state index in [0.717, 1.165) is 6.07 Å². The summed E-state index contributed by atoms with van der Waals surface area (Å²) in [6, 6.07) is 12.5.